The SMILES string of the molecule is COc1ccc(CCCN(C(C)C)C(C)C)cc1OC. The van der Waals surface area contributed by atoms with Crippen LogP contribution in [0.2, 0.25) is 0 Å². The Morgan fingerprint density at radius 1 is 0.950 bits per heavy atom. The highest BCUT2D eigenvalue weighted by atomic mass is 16.5. The first-order valence-electron chi connectivity index (χ1n) is 7.46. The summed E-state index contributed by atoms with van der Waals surface area (Å²) in [6.07, 6.45) is 2.22. The van der Waals surface area contributed by atoms with E-state index in [1.807, 2.05) is 6.07 Å². The molecule has 0 bridgehead atoms. The number of hydrogen-bond donors (Lipinski definition) is 0. The van der Waals surface area contributed by atoms with Gasteiger partial charge in [0.05, 0.1) is 14.2 Å². The number of rotatable bonds is 8. The van der Waals surface area contributed by atoms with Crippen molar-refractivity contribution in [1.82, 2.24) is 4.90 Å². The topological polar surface area (TPSA) is 21.7 Å². The summed E-state index contributed by atoms with van der Waals surface area (Å²) in [6, 6.07) is 7.38. The van der Waals surface area contributed by atoms with Crippen LogP contribution in [0.4, 0.5) is 0 Å². The molecular formula is C17H29NO2. The molecule has 0 radical (unpaired) electrons. The molecule has 0 N–H and O–H groups in total. The van der Waals surface area contributed by atoms with Crippen molar-refractivity contribution in [3.63, 3.8) is 0 Å². The molecule has 20 heavy (non-hydrogen) atoms. The van der Waals surface area contributed by atoms with E-state index in [4.69, 9.17) is 9.47 Å². The number of ether oxygens (including phenoxy) is 2. The lowest BCUT2D eigenvalue weighted by molar-refractivity contribution is 0.173. The molecule has 0 aromatic heterocycles. The van der Waals surface area contributed by atoms with Crippen LogP contribution in [0.1, 0.15) is 39.7 Å². The van der Waals surface area contributed by atoms with Gasteiger partial charge in [-0.15, -0.1) is 0 Å². The third-order valence-electron chi connectivity index (χ3n) is 3.66. The molecule has 0 aliphatic heterocycles. The molecule has 1 aromatic rings. The zero-order valence-electron chi connectivity index (χ0n) is 13.8. The number of nitrogens with zero attached hydrogens (tertiary/aromatic N) is 1. The van der Waals surface area contributed by atoms with Crippen LogP contribution in [0.5, 0.6) is 11.5 Å². The average Bonchev–Trinajstić information content (AvgIpc) is 2.42. The molecule has 0 saturated heterocycles. The highest BCUT2D eigenvalue weighted by Gasteiger charge is 2.12. The van der Waals surface area contributed by atoms with Crippen LogP contribution in [-0.4, -0.2) is 37.7 Å². The predicted molar refractivity (Wildman–Crippen MR) is 84.8 cm³/mol. The molecule has 0 unspecified atom stereocenters. The van der Waals surface area contributed by atoms with Gasteiger partial charge < -0.3 is 9.47 Å². The second kappa shape index (κ2) is 8.15. The Labute approximate surface area is 123 Å². The van der Waals surface area contributed by atoms with Gasteiger partial charge in [0, 0.05) is 12.1 Å². The minimum Gasteiger partial charge on any atom is -0.493 e. The summed E-state index contributed by atoms with van der Waals surface area (Å²) < 4.78 is 10.6. The zero-order valence-corrected chi connectivity index (χ0v) is 13.8. The first-order chi connectivity index (χ1) is 9.49. The zero-order chi connectivity index (χ0) is 15.1. The maximum atomic E-state index is 5.35. The summed E-state index contributed by atoms with van der Waals surface area (Å²) in [7, 11) is 3.35. The Kier molecular flexibility index (Phi) is 6.86. The highest BCUT2D eigenvalue weighted by Crippen LogP contribution is 2.28. The quantitative estimate of drug-likeness (QED) is 0.723. The van der Waals surface area contributed by atoms with Gasteiger partial charge >= 0.3 is 0 Å². The smallest absolute Gasteiger partial charge is 0.160 e. The van der Waals surface area contributed by atoms with E-state index in [0.717, 1.165) is 30.9 Å². The molecule has 0 amide bonds. The van der Waals surface area contributed by atoms with Crippen LogP contribution in [0.25, 0.3) is 0 Å². The minimum absolute atomic E-state index is 0.598. The van der Waals surface area contributed by atoms with Gasteiger partial charge in [-0.2, -0.15) is 0 Å². The van der Waals surface area contributed by atoms with E-state index in [-0.39, 0.29) is 0 Å². The standard InChI is InChI=1S/C17H29NO2/c1-13(2)18(14(3)4)11-7-8-15-9-10-16(19-5)17(12-15)20-6/h9-10,12-14H,7-8,11H2,1-6H3. The van der Waals surface area contributed by atoms with E-state index in [9.17, 15) is 0 Å². The maximum Gasteiger partial charge on any atom is 0.160 e. The summed E-state index contributed by atoms with van der Waals surface area (Å²) in [5, 5.41) is 0. The van der Waals surface area contributed by atoms with E-state index in [1.165, 1.54) is 5.56 Å². The largest absolute Gasteiger partial charge is 0.493 e. The number of methoxy groups -OCH3 is 2. The van der Waals surface area contributed by atoms with Crippen molar-refractivity contribution in [3.8, 4) is 11.5 Å². The average molecular weight is 279 g/mol. The number of hydrogen-bond acceptors (Lipinski definition) is 3. The van der Waals surface area contributed by atoms with E-state index >= 15 is 0 Å². The Morgan fingerprint density at radius 3 is 2.05 bits per heavy atom. The Balaban J connectivity index is 2.57. The first-order valence-corrected chi connectivity index (χ1v) is 7.46. The molecule has 0 aliphatic rings. The van der Waals surface area contributed by atoms with E-state index in [1.54, 1.807) is 14.2 Å². The van der Waals surface area contributed by atoms with Crippen molar-refractivity contribution in [2.24, 2.45) is 0 Å². The fraction of sp³-hybridized carbons (Fsp3) is 0.647. The van der Waals surface area contributed by atoms with Crippen molar-refractivity contribution < 1.29 is 9.47 Å². The van der Waals surface area contributed by atoms with Gasteiger partial charge in [-0.1, -0.05) is 6.07 Å². The molecule has 0 heterocycles. The van der Waals surface area contributed by atoms with Crippen molar-refractivity contribution in [1.29, 1.82) is 0 Å². The molecule has 0 fully saturated rings. The van der Waals surface area contributed by atoms with Gasteiger partial charge in [0.15, 0.2) is 11.5 Å². The van der Waals surface area contributed by atoms with Gasteiger partial charge in [-0.05, 0) is 64.8 Å². The second-order valence-electron chi connectivity index (χ2n) is 5.72. The molecule has 0 spiro atoms. The lowest BCUT2D eigenvalue weighted by Gasteiger charge is -2.30. The maximum absolute atomic E-state index is 5.35. The summed E-state index contributed by atoms with van der Waals surface area (Å²) in [5.41, 5.74) is 1.30. The van der Waals surface area contributed by atoms with Crippen molar-refractivity contribution in [3.05, 3.63) is 23.8 Å². The van der Waals surface area contributed by atoms with Gasteiger partial charge in [-0.3, -0.25) is 4.90 Å². The van der Waals surface area contributed by atoms with Crippen LogP contribution in [-0.2, 0) is 6.42 Å². The van der Waals surface area contributed by atoms with Crippen LogP contribution in [0.15, 0.2) is 18.2 Å². The Bertz CT molecular complexity index is 394. The fourth-order valence-corrected chi connectivity index (χ4v) is 2.61. The predicted octanol–water partition coefficient (Wildman–Crippen LogP) is 3.76. The third kappa shape index (κ3) is 4.71. The van der Waals surface area contributed by atoms with Gasteiger partial charge in [0.25, 0.3) is 0 Å². The molecule has 1 aromatic carbocycles. The fourth-order valence-electron chi connectivity index (χ4n) is 2.61. The summed E-state index contributed by atoms with van der Waals surface area (Å²) >= 11 is 0. The summed E-state index contributed by atoms with van der Waals surface area (Å²) in [6.45, 7) is 10.2. The van der Waals surface area contributed by atoms with Crippen molar-refractivity contribution in [2.75, 3.05) is 20.8 Å². The highest BCUT2D eigenvalue weighted by molar-refractivity contribution is 5.42. The molecule has 0 aliphatic carbocycles. The van der Waals surface area contributed by atoms with Crippen LogP contribution in [0, 0.1) is 0 Å². The van der Waals surface area contributed by atoms with Crippen molar-refractivity contribution in [2.45, 2.75) is 52.6 Å². The normalized spacial score (nSPS) is 11.4. The number of benzene rings is 1. The van der Waals surface area contributed by atoms with E-state index in [2.05, 4.69) is 44.7 Å². The lowest BCUT2D eigenvalue weighted by Crippen LogP contribution is -2.37. The monoisotopic (exact) mass is 279 g/mol. The molecule has 114 valence electrons. The van der Waals surface area contributed by atoms with Crippen LogP contribution >= 0.6 is 0 Å². The van der Waals surface area contributed by atoms with Gasteiger partial charge in [-0.25, -0.2) is 0 Å². The summed E-state index contributed by atoms with van der Waals surface area (Å²) in [5.74, 6) is 1.61. The van der Waals surface area contributed by atoms with Gasteiger partial charge in [0.1, 0.15) is 0 Å². The number of aryl methyl sites for hydroxylation is 1. The van der Waals surface area contributed by atoms with Crippen molar-refractivity contribution >= 4 is 0 Å². The molecule has 3 nitrogen and oxygen atoms in total. The van der Waals surface area contributed by atoms with Crippen LogP contribution in [0.3, 0.4) is 0 Å². The molecule has 0 atom stereocenters. The Hall–Kier alpha value is -1.22. The molecule has 0 saturated carbocycles. The minimum atomic E-state index is 0.598. The van der Waals surface area contributed by atoms with E-state index in [0.29, 0.717) is 12.1 Å². The summed E-state index contributed by atoms with van der Waals surface area (Å²) in [4.78, 5) is 2.53. The lowest BCUT2D eigenvalue weighted by atomic mass is 10.1. The molecule has 1 rings (SSSR count). The third-order valence-corrected chi connectivity index (χ3v) is 3.66. The molecule has 3 heteroatoms. The van der Waals surface area contributed by atoms with Crippen LogP contribution < -0.4 is 9.47 Å². The van der Waals surface area contributed by atoms with Gasteiger partial charge in [0.2, 0.25) is 0 Å². The first kappa shape index (κ1) is 16.8. The second-order valence-corrected chi connectivity index (χ2v) is 5.72. The van der Waals surface area contributed by atoms with E-state index < -0.39 is 0 Å². The molecular weight excluding hydrogens is 250 g/mol. The Morgan fingerprint density at radius 2 is 1.55 bits per heavy atom.